The van der Waals surface area contributed by atoms with E-state index in [9.17, 15) is 14.7 Å². The highest BCUT2D eigenvalue weighted by atomic mass is 16.4. The van der Waals surface area contributed by atoms with Crippen molar-refractivity contribution >= 4 is 12.0 Å². The number of aliphatic carboxylic acids is 1. The monoisotopic (exact) mass is 296 g/mol. The third-order valence-electron chi connectivity index (χ3n) is 5.07. The Morgan fingerprint density at radius 2 is 1.81 bits per heavy atom. The number of carboxylic acid groups (broad SMARTS) is 1. The van der Waals surface area contributed by atoms with Crippen LogP contribution in [0.5, 0.6) is 0 Å². The van der Waals surface area contributed by atoms with Crippen LogP contribution in [0.15, 0.2) is 0 Å². The Balaban J connectivity index is 2.08. The van der Waals surface area contributed by atoms with Crippen molar-refractivity contribution in [1.82, 2.24) is 10.2 Å². The Labute approximate surface area is 127 Å². The number of nitrogens with one attached hydrogen (secondary N) is 1. The molecule has 0 aromatic heterocycles. The molecule has 1 heterocycles. The number of amides is 2. The summed E-state index contributed by atoms with van der Waals surface area (Å²) in [5.74, 6) is -0.876. The first-order chi connectivity index (χ1) is 10.1. The number of rotatable bonds is 3. The molecule has 5 heteroatoms. The molecule has 1 aliphatic carbocycles. The SMILES string of the molecule is CCC1CCCCCN1C(=O)NC1(C(=O)O)CCCCC1. The van der Waals surface area contributed by atoms with Gasteiger partial charge in [0, 0.05) is 12.6 Å². The Hall–Kier alpha value is -1.26. The van der Waals surface area contributed by atoms with Crippen LogP contribution >= 0.6 is 0 Å². The molecule has 0 aromatic carbocycles. The summed E-state index contributed by atoms with van der Waals surface area (Å²) in [5, 5.41) is 12.5. The molecule has 2 N–H and O–H groups in total. The molecule has 1 aliphatic heterocycles. The minimum atomic E-state index is -1.04. The lowest BCUT2D eigenvalue weighted by atomic mass is 9.82. The van der Waals surface area contributed by atoms with Gasteiger partial charge in [-0.1, -0.05) is 39.0 Å². The van der Waals surface area contributed by atoms with Gasteiger partial charge in [0.25, 0.3) is 0 Å². The molecule has 1 unspecified atom stereocenters. The van der Waals surface area contributed by atoms with Gasteiger partial charge in [-0.3, -0.25) is 0 Å². The molecular formula is C16H28N2O3. The standard InChI is InChI=1S/C16H28N2O3/c1-2-13-9-5-3-8-12-18(13)15(21)17-16(14(19)20)10-6-4-7-11-16/h13H,2-12H2,1H3,(H,17,21)(H,19,20). The molecule has 0 radical (unpaired) electrons. The van der Waals surface area contributed by atoms with Crippen LogP contribution in [0.25, 0.3) is 0 Å². The van der Waals surface area contributed by atoms with Gasteiger partial charge in [0.05, 0.1) is 0 Å². The number of hydrogen-bond donors (Lipinski definition) is 2. The maximum atomic E-state index is 12.6. The minimum Gasteiger partial charge on any atom is -0.480 e. The second kappa shape index (κ2) is 7.14. The summed E-state index contributed by atoms with van der Waals surface area (Å²) in [6.45, 7) is 2.85. The summed E-state index contributed by atoms with van der Waals surface area (Å²) in [5.41, 5.74) is -1.04. The Bertz CT molecular complexity index is 378. The van der Waals surface area contributed by atoms with Crippen molar-refractivity contribution in [1.29, 1.82) is 0 Å². The zero-order valence-electron chi connectivity index (χ0n) is 13.1. The first kappa shape index (κ1) is 16.1. The number of hydrogen-bond acceptors (Lipinski definition) is 2. The first-order valence-electron chi connectivity index (χ1n) is 8.41. The lowest BCUT2D eigenvalue weighted by molar-refractivity contribution is -0.146. The topological polar surface area (TPSA) is 69.6 Å². The molecule has 2 amide bonds. The molecule has 1 atom stereocenters. The molecule has 120 valence electrons. The summed E-state index contributed by atoms with van der Waals surface area (Å²) < 4.78 is 0. The molecule has 0 spiro atoms. The summed E-state index contributed by atoms with van der Waals surface area (Å²) >= 11 is 0. The van der Waals surface area contributed by atoms with Gasteiger partial charge in [-0.2, -0.15) is 0 Å². The number of urea groups is 1. The van der Waals surface area contributed by atoms with E-state index in [1.54, 1.807) is 0 Å². The maximum absolute atomic E-state index is 12.6. The second-order valence-electron chi connectivity index (χ2n) is 6.48. The van der Waals surface area contributed by atoms with Gasteiger partial charge >= 0.3 is 12.0 Å². The van der Waals surface area contributed by atoms with Crippen molar-refractivity contribution in [2.24, 2.45) is 0 Å². The summed E-state index contributed by atoms with van der Waals surface area (Å²) in [6.07, 6.45) is 9.23. The molecule has 1 saturated heterocycles. The molecule has 2 aliphatic rings. The van der Waals surface area contributed by atoms with Gasteiger partial charge in [-0.15, -0.1) is 0 Å². The normalized spacial score (nSPS) is 26.0. The zero-order valence-corrected chi connectivity index (χ0v) is 13.1. The number of carboxylic acids is 1. The highest BCUT2D eigenvalue weighted by Gasteiger charge is 2.42. The van der Waals surface area contributed by atoms with Crippen LogP contribution in [0, 0.1) is 0 Å². The Kier molecular flexibility index (Phi) is 5.48. The number of nitrogens with zero attached hydrogens (tertiary/aromatic N) is 1. The first-order valence-corrected chi connectivity index (χ1v) is 8.41. The lowest BCUT2D eigenvalue weighted by Gasteiger charge is -2.37. The van der Waals surface area contributed by atoms with Crippen molar-refractivity contribution < 1.29 is 14.7 Å². The second-order valence-corrected chi connectivity index (χ2v) is 6.48. The van der Waals surface area contributed by atoms with E-state index in [2.05, 4.69) is 12.2 Å². The van der Waals surface area contributed by atoms with Crippen LogP contribution < -0.4 is 5.32 Å². The average molecular weight is 296 g/mol. The van der Waals surface area contributed by atoms with Crippen molar-refractivity contribution in [3.63, 3.8) is 0 Å². The molecule has 2 rings (SSSR count). The van der Waals surface area contributed by atoms with Crippen molar-refractivity contribution in [2.75, 3.05) is 6.54 Å². The fourth-order valence-electron chi connectivity index (χ4n) is 3.69. The van der Waals surface area contributed by atoms with Crippen LogP contribution in [-0.2, 0) is 4.79 Å². The zero-order chi connectivity index (χ0) is 15.3. The molecule has 5 nitrogen and oxygen atoms in total. The average Bonchev–Trinajstić information content (AvgIpc) is 2.73. The third kappa shape index (κ3) is 3.69. The van der Waals surface area contributed by atoms with Crippen LogP contribution in [0.3, 0.4) is 0 Å². The minimum absolute atomic E-state index is 0.173. The van der Waals surface area contributed by atoms with Gasteiger partial charge in [0.1, 0.15) is 5.54 Å². The third-order valence-corrected chi connectivity index (χ3v) is 5.07. The van der Waals surface area contributed by atoms with Crippen LogP contribution in [0.1, 0.15) is 71.1 Å². The van der Waals surface area contributed by atoms with Gasteiger partial charge in [0.2, 0.25) is 0 Å². The van der Waals surface area contributed by atoms with Crippen molar-refractivity contribution in [3.8, 4) is 0 Å². The number of likely N-dealkylation sites (tertiary alicyclic amines) is 1. The van der Waals surface area contributed by atoms with Crippen molar-refractivity contribution in [2.45, 2.75) is 82.7 Å². The largest absolute Gasteiger partial charge is 0.480 e. The summed E-state index contributed by atoms with van der Waals surface area (Å²) in [4.78, 5) is 26.2. The lowest BCUT2D eigenvalue weighted by Crippen LogP contribution is -2.60. The molecular weight excluding hydrogens is 268 g/mol. The quantitative estimate of drug-likeness (QED) is 0.840. The van der Waals surface area contributed by atoms with Gasteiger partial charge in [-0.05, 0) is 32.1 Å². The fourth-order valence-corrected chi connectivity index (χ4v) is 3.69. The van der Waals surface area contributed by atoms with Gasteiger partial charge in [-0.25, -0.2) is 9.59 Å². The fraction of sp³-hybridized carbons (Fsp3) is 0.875. The number of carbonyl (C=O) groups excluding carboxylic acids is 1. The van der Waals surface area contributed by atoms with E-state index in [4.69, 9.17) is 0 Å². The number of carbonyl (C=O) groups is 2. The van der Waals surface area contributed by atoms with Crippen LogP contribution in [0.4, 0.5) is 4.79 Å². The molecule has 21 heavy (non-hydrogen) atoms. The Morgan fingerprint density at radius 3 is 2.43 bits per heavy atom. The van der Waals surface area contributed by atoms with Crippen molar-refractivity contribution in [3.05, 3.63) is 0 Å². The predicted octanol–water partition coefficient (Wildman–Crippen LogP) is 3.14. The summed E-state index contributed by atoms with van der Waals surface area (Å²) in [6, 6.07) is 0.0787. The summed E-state index contributed by atoms with van der Waals surface area (Å²) in [7, 11) is 0. The Morgan fingerprint density at radius 1 is 1.14 bits per heavy atom. The van der Waals surface area contributed by atoms with E-state index in [0.29, 0.717) is 12.8 Å². The van der Waals surface area contributed by atoms with Gasteiger partial charge in [0.15, 0.2) is 0 Å². The van der Waals surface area contributed by atoms with Crippen LogP contribution in [0.2, 0.25) is 0 Å². The van der Waals surface area contributed by atoms with Gasteiger partial charge < -0.3 is 15.3 Å². The van der Waals surface area contributed by atoms with Crippen LogP contribution in [-0.4, -0.2) is 40.1 Å². The van der Waals surface area contributed by atoms with E-state index in [1.165, 1.54) is 0 Å². The smallest absolute Gasteiger partial charge is 0.329 e. The molecule has 1 saturated carbocycles. The van der Waals surface area contributed by atoms with E-state index in [1.807, 2.05) is 4.90 Å². The maximum Gasteiger partial charge on any atom is 0.329 e. The van der Waals surface area contributed by atoms with E-state index < -0.39 is 11.5 Å². The van der Waals surface area contributed by atoms with E-state index >= 15 is 0 Å². The highest BCUT2D eigenvalue weighted by Crippen LogP contribution is 2.29. The highest BCUT2D eigenvalue weighted by molar-refractivity contribution is 5.86. The van der Waals surface area contributed by atoms with E-state index in [0.717, 1.165) is 57.9 Å². The molecule has 0 aromatic rings. The predicted molar refractivity (Wildman–Crippen MR) is 81.2 cm³/mol. The molecule has 2 fully saturated rings. The van der Waals surface area contributed by atoms with E-state index in [-0.39, 0.29) is 12.1 Å². The molecule has 0 bridgehead atoms.